The minimum Gasteiger partial charge on any atom is -0.467 e. The molecular formula is C14H14N6O. The summed E-state index contributed by atoms with van der Waals surface area (Å²) in [5.74, 6) is 5.90. The average molecular weight is 282 g/mol. The number of hydrogen-bond donors (Lipinski definition) is 3. The molecule has 21 heavy (non-hydrogen) atoms. The van der Waals surface area contributed by atoms with Crippen molar-refractivity contribution in [3.63, 3.8) is 0 Å². The number of benzene rings is 2. The van der Waals surface area contributed by atoms with E-state index < -0.39 is 0 Å². The number of fused-ring (bicyclic) bond motifs is 1. The Hall–Kier alpha value is -2.93. The Kier molecular flexibility index (Phi) is 3.48. The predicted octanol–water partition coefficient (Wildman–Crippen LogP) is 2.06. The highest BCUT2D eigenvalue weighted by molar-refractivity contribution is 5.86. The number of ether oxygens (including phenoxy) is 1. The molecule has 0 saturated heterocycles. The molecule has 0 aliphatic heterocycles. The molecule has 0 spiro atoms. The van der Waals surface area contributed by atoms with Crippen molar-refractivity contribution in [3.05, 3.63) is 42.5 Å². The van der Waals surface area contributed by atoms with Crippen molar-refractivity contribution in [1.82, 2.24) is 15.0 Å². The monoisotopic (exact) mass is 282 g/mol. The van der Waals surface area contributed by atoms with Crippen molar-refractivity contribution in [2.45, 2.75) is 0 Å². The molecule has 0 amide bonds. The minimum absolute atomic E-state index is 0.182. The van der Waals surface area contributed by atoms with Crippen molar-refractivity contribution >= 4 is 28.4 Å². The number of nitrogens with zero attached hydrogens (tertiary/aromatic N) is 3. The third-order valence-corrected chi connectivity index (χ3v) is 2.93. The predicted molar refractivity (Wildman–Crippen MR) is 81.4 cm³/mol. The Morgan fingerprint density at radius 1 is 0.952 bits per heavy atom. The van der Waals surface area contributed by atoms with Crippen LogP contribution in [0.15, 0.2) is 42.5 Å². The number of aromatic nitrogens is 3. The fourth-order valence-corrected chi connectivity index (χ4v) is 1.96. The molecule has 106 valence electrons. The molecule has 0 atom stereocenters. The Balaban J connectivity index is 1.94. The van der Waals surface area contributed by atoms with Crippen LogP contribution in [-0.2, 0) is 0 Å². The van der Waals surface area contributed by atoms with Crippen LogP contribution < -0.4 is 21.3 Å². The first-order valence-corrected chi connectivity index (χ1v) is 6.31. The summed E-state index contributed by atoms with van der Waals surface area (Å²) in [5, 5.41) is 5.40. The zero-order chi connectivity index (χ0) is 14.7. The zero-order valence-electron chi connectivity index (χ0n) is 11.4. The van der Waals surface area contributed by atoms with Crippen molar-refractivity contribution in [1.29, 1.82) is 0 Å². The van der Waals surface area contributed by atoms with Crippen LogP contribution in [0, 0.1) is 0 Å². The summed E-state index contributed by atoms with van der Waals surface area (Å²) in [4.78, 5) is 12.2. The maximum absolute atomic E-state index is 5.32. The summed E-state index contributed by atoms with van der Waals surface area (Å²) in [6, 6.07) is 14.3. The van der Waals surface area contributed by atoms with Gasteiger partial charge in [0.2, 0.25) is 11.9 Å². The van der Waals surface area contributed by atoms with Gasteiger partial charge in [0.1, 0.15) is 0 Å². The lowest BCUT2D eigenvalue weighted by Gasteiger charge is -2.08. The highest BCUT2D eigenvalue weighted by atomic mass is 16.5. The van der Waals surface area contributed by atoms with Crippen LogP contribution in [0.3, 0.4) is 0 Å². The molecule has 1 heterocycles. The fourth-order valence-electron chi connectivity index (χ4n) is 1.96. The van der Waals surface area contributed by atoms with E-state index in [1.807, 2.05) is 36.4 Å². The normalized spacial score (nSPS) is 10.4. The van der Waals surface area contributed by atoms with Crippen LogP contribution in [0.1, 0.15) is 0 Å². The third kappa shape index (κ3) is 2.82. The summed E-state index contributed by atoms with van der Waals surface area (Å²) >= 11 is 0. The quantitative estimate of drug-likeness (QED) is 0.497. The molecule has 1 aromatic heterocycles. The van der Waals surface area contributed by atoms with Gasteiger partial charge in [-0.15, -0.1) is 0 Å². The maximum atomic E-state index is 5.32. The van der Waals surface area contributed by atoms with Gasteiger partial charge in [-0.25, -0.2) is 5.84 Å². The van der Waals surface area contributed by atoms with Gasteiger partial charge in [-0.1, -0.05) is 30.3 Å². The molecular weight excluding hydrogens is 268 g/mol. The summed E-state index contributed by atoms with van der Waals surface area (Å²) in [5.41, 5.74) is 3.24. The van der Waals surface area contributed by atoms with E-state index in [2.05, 4.69) is 31.8 Å². The molecule has 0 bridgehead atoms. The van der Waals surface area contributed by atoms with E-state index in [4.69, 9.17) is 10.6 Å². The lowest BCUT2D eigenvalue weighted by Crippen LogP contribution is -2.13. The summed E-state index contributed by atoms with van der Waals surface area (Å²) in [7, 11) is 1.48. The van der Waals surface area contributed by atoms with Gasteiger partial charge in [-0.3, -0.25) is 5.43 Å². The number of methoxy groups -OCH3 is 1. The van der Waals surface area contributed by atoms with E-state index in [1.54, 1.807) is 0 Å². The maximum Gasteiger partial charge on any atom is 0.322 e. The topological polar surface area (TPSA) is 98.0 Å². The van der Waals surface area contributed by atoms with E-state index in [1.165, 1.54) is 12.5 Å². The largest absolute Gasteiger partial charge is 0.467 e. The lowest BCUT2D eigenvalue weighted by molar-refractivity contribution is 0.379. The SMILES string of the molecule is COc1nc(NN)nc(Nc2ccc3ccccc3c2)n1. The molecule has 0 radical (unpaired) electrons. The number of nitrogens with one attached hydrogen (secondary N) is 2. The minimum atomic E-state index is 0.182. The third-order valence-electron chi connectivity index (χ3n) is 2.93. The van der Waals surface area contributed by atoms with Crippen molar-refractivity contribution in [3.8, 4) is 6.01 Å². The lowest BCUT2D eigenvalue weighted by atomic mass is 10.1. The van der Waals surface area contributed by atoms with Crippen LogP contribution >= 0.6 is 0 Å². The Morgan fingerprint density at radius 3 is 2.48 bits per heavy atom. The number of nitrogens with two attached hydrogens (primary N) is 1. The number of anilines is 3. The van der Waals surface area contributed by atoms with Gasteiger partial charge in [0.25, 0.3) is 0 Å². The van der Waals surface area contributed by atoms with E-state index in [-0.39, 0.29) is 12.0 Å². The van der Waals surface area contributed by atoms with Gasteiger partial charge in [0, 0.05) is 5.69 Å². The Bertz CT molecular complexity index is 754. The molecule has 0 saturated carbocycles. The highest BCUT2D eigenvalue weighted by Gasteiger charge is 2.06. The van der Waals surface area contributed by atoms with E-state index in [0.717, 1.165) is 11.1 Å². The number of rotatable bonds is 4. The molecule has 0 aliphatic carbocycles. The average Bonchev–Trinajstić information content (AvgIpc) is 2.54. The molecule has 0 aliphatic rings. The first-order chi connectivity index (χ1) is 10.3. The highest BCUT2D eigenvalue weighted by Crippen LogP contribution is 2.21. The van der Waals surface area contributed by atoms with Crippen LogP contribution in [-0.4, -0.2) is 22.1 Å². The van der Waals surface area contributed by atoms with E-state index in [9.17, 15) is 0 Å². The first kappa shape index (κ1) is 13.1. The van der Waals surface area contributed by atoms with Crippen LogP contribution in [0.4, 0.5) is 17.6 Å². The summed E-state index contributed by atoms with van der Waals surface area (Å²) in [6.07, 6.45) is 0. The number of nitrogen functional groups attached to an aromatic ring is 1. The van der Waals surface area contributed by atoms with Gasteiger partial charge < -0.3 is 10.1 Å². The Labute approximate surface area is 121 Å². The summed E-state index contributed by atoms with van der Waals surface area (Å²) < 4.78 is 5.01. The first-order valence-electron chi connectivity index (χ1n) is 6.31. The van der Waals surface area contributed by atoms with Gasteiger partial charge in [0.05, 0.1) is 7.11 Å². The molecule has 4 N–H and O–H groups in total. The summed E-state index contributed by atoms with van der Waals surface area (Å²) in [6.45, 7) is 0. The molecule has 3 rings (SSSR count). The van der Waals surface area contributed by atoms with Gasteiger partial charge in [0.15, 0.2) is 0 Å². The van der Waals surface area contributed by atoms with Crippen molar-refractivity contribution < 1.29 is 4.74 Å². The van der Waals surface area contributed by atoms with Crippen LogP contribution in [0.5, 0.6) is 6.01 Å². The molecule has 2 aromatic carbocycles. The van der Waals surface area contributed by atoms with Crippen molar-refractivity contribution in [2.24, 2.45) is 5.84 Å². The molecule has 0 unspecified atom stereocenters. The number of hydrazine groups is 1. The van der Waals surface area contributed by atoms with Crippen LogP contribution in [0.25, 0.3) is 10.8 Å². The van der Waals surface area contributed by atoms with Crippen molar-refractivity contribution in [2.75, 3.05) is 17.9 Å². The molecule has 7 heteroatoms. The fraction of sp³-hybridized carbons (Fsp3) is 0.0714. The van der Waals surface area contributed by atoms with Gasteiger partial charge >= 0.3 is 6.01 Å². The molecule has 7 nitrogen and oxygen atoms in total. The zero-order valence-corrected chi connectivity index (χ0v) is 11.4. The van der Waals surface area contributed by atoms with Gasteiger partial charge in [-0.05, 0) is 22.9 Å². The van der Waals surface area contributed by atoms with Crippen LogP contribution in [0.2, 0.25) is 0 Å². The molecule has 0 fully saturated rings. The molecule has 3 aromatic rings. The van der Waals surface area contributed by atoms with E-state index >= 15 is 0 Å². The van der Waals surface area contributed by atoms with Gasteiger partial charge in [-0.2, -0.15) is 15.0 Å². The number of hydrogen-bond acceptors (Lipinski definition) is 7. The Morgan fingerprint density at radius 2 is 1.71 bits per heavy atom. The second-order valence-electron chi connectivity index (χ2n) is 4.30. The smallest absolute Gasteiger partial charge is 0.322 e. The standard InChI is InChI=1S/C14H14N6O/c1-21-14-18-12(17-13(19-14)20-15)16-11-7-6-9-4-2-3-5-10(9)8-11/h2-8H,15H2,1H3,(H2,16,17,18,19,20). The second-order valence-corrected chi connectivity index (χ2v) is 4.30. The second kappa shape index (κ2) is 5.59. The van der Waals surface area contributed by atoms with E-state index in [0.29, 0.717) is 5.95 Å².